The topological polar surface area (TPSA) is 102 Å². The van der Waals surface area contributed by atoms with Crippen molar-refractivity contribution in [2.75, 3.05) is 11.9 Å². The number of rotatable bonds is 5. The highest BCUT2D eigenvalue weighted by molar-refractivity contribution is 6.05. The maximum atomic E-state index is 12.2. The summed E-state index contributed by atoms with van der Waals surface area (Å²) >= 11 is 0. The molecule has 2 N–H and O–H groups in total. The number of non-ortho nitro benzene ring substituents is 1. The average Bonchev–Trinajstić information content (AvgIpc) is 2.50. The predicted octanol–water partition coefficient (Wildman–Crippen LogP) is 2.95. The van der Waals surface area contributed by atoms with Gasteiger partial charge in [-0.15, -0.1) is 0 Å². The smallest absolute Gasteiger partial charge is 0.271 e. The monoisotopic (exact) mass is 302 g/mol. The van der Waals surface area contributed by atoms with Crippen LogP contribution >= 0.6 is 0 Å². The summed E-state index contributed by atoms with van der Waals surface area (Å²) in [6.45, 7) is 2.30. The largest absolute Gasteiger partial charge is 0.506 e. The highest BCUT2D eigenvalue weighted by atomic mass is 16.6. The Labute approximate surface area is 126 Å². The zero-order chi connectivity index (χ0) is 16.1. The highest BCUT2D eigenvalue weighted by Crippen LogP contribution is 2.28. The number of anilines is 1. The molecule has 0 atom stereocenters. The molecular formula is C15H14N2O5. The van der Waals surface area contributed by atoms with Crippen molar-refractivity contribution in [3.8, 4) is 11.5 Å². The number of hydrogen-bond donors (Lipinski definition) is 2. The van der Waals surface area contributed by atoms with E-state index in [1.54, 1.807) is 24.3 Å². The number of phenols is 1. The van der Waals surface area contributed by atoms with Crippen molar-refractivity contribution in [1.29, 1.82) is 0 Å². The van der Waals surface area contributed by atoms with Gasteiger partial charge in [0.2, 0.25) is 0 Å². The number of aromatic hydroxyl groups is 1. The van der Waals surface area contributed by atoms with Gasteiger partial charge in [0.05, 0.1) is 17.2 Å². The van der Waals surface area contributed by atoms with Crippen molar-refractivity contribution in [3.63, 3.8) is 0 Å². The van der Waals surface area contributed by atoms with Gasteiger partial charge in [-0.25, -0.2) is 0 Å². The predicted molar refractivity (Wildman–Crippen MR) is 80.3 cm³/mol. The third-order valence-electron chi connectivity index (χ3n) is 2.85. The van der Waals surface area contributed by atoms with Crippen LogP contribution in [0.4, 0.5) is 11.4 Å². The van der Waals surface area contributed by atoms with Crippen LogP contribution in [0.3, 0.4) is 0 Å². The van der Waals surface area contributed by atoms with Crippen LogP contribution in [0.2, 0.25) is 0 Å². The van der Waals surface area contributed by atoms with E-state index < -0.39 is 10.8 Å². The van der Waals surface area contributed by atoms with E-state index in [9.17, 15) is 20.0 Å². The van der Waals surface area contributed by atoms with Crippen molar-refractivity contribution in [1.82, 2.24) is 0 Å². The molecule has 0 unspecified atom stereocenters. The Morgan fingerprint density at radius 3 is 2.77 bits per heavy atom. The van der Waals surface area contributed by atoms with Crippen molar-refractivity contribution in [2.45, 2.75) is 6.92 Å². The van der Waals surface area contributed by atoms with E-state index in [1.807, 2.05) is 6.92 Å². The van der Waals surface area contributed by atoms with E-state index >= 15 is 0 Å². The molecule has 0 aliphatic rings. The molecule has 7 nitrogen and oxygen atoms in total. The second-order valence-electron chi connectivity index (χ2n) is 4.37. The van der Waals surface area contributed by atoms with Gasteiger partial charge < -0.3 is 15.2 Å². The minimum atomic E-state index is -0.606. The normalized spacial score (nSPS) is 10.0. The van der Waals surface area contributed by atoms with Crippen LogP contribution in [-0.4, -0.2) is 22.5 Å². The number of hydrogen-bond acceptors (Lipinski definition) is 5. The Kier molecular flexibility index (Phi) is 4.57. The van der Waals surface area contributed by atoms with Crippen molar-refractivity contribution >= 4 is 17.3 Å². The first-order valence-electron chi connectivity index (χ1n) is 6.53. The maximum Gasteiger partial charge on any atom is 0.271 e. The first kappa shape index (κ1) is 15.3. The third-order valence-corrected chi connectivity index (χ3v) is 2.85. The summed E-state index contributed by atoms with van der Waals surface area (Å²) in [5, 5.41) is 22.9. The van der Waals surface area contributed by atoms with Gasteiger partial charge in [0.1, 0.15) is 11.5 Å². The van der Waals surface area contributed by atoms with Crippen molar-refractivity contribution in [2.24, 2.45) is 0 Å². The van der Waals surface area contributed by atoms with Gasteiger partial charge in [-0.05, 0) is 31.2 Å². The molecule has 2 aromatic rings. The molecule has 0 radical (unpaired) electrons. The number of nitrogens with zero attached hydrogens (tertiary/aromatic N) is 1. The number of ether oxygens (including phenoxy) is 1. The van der Waals surface area contributed by atoms with Crippen LogP contribution in [0.5, 0.6) is 11.5 Å². The van der Waals surface area contributed by atoms with Gasteiger partial charge in [-0.2, -0.15) is 0 Å². The number of phenolic OH excluding ortho intramolecular Hbond substituents is 1. The molecule has 0 aliphatic carbocycles. The zero-order valence-electron chi connectivity index (χ0n) is 11.8. The molecule has 114 valence electrons. The SMILES string of the molecule is CCOc1cccc(C(=O)Nc2cc([N+](=O)[O-])ccc2O)c1. The summed E-state index contributed by atoms with van der Waals surface area (Å²) < 4.78 is 5.30. The molecular weight excluding hydrogens is 288 g/mol. The van der Waals surface area contributed by atoms with E-state index in [4.69, 9.17) is 4.74 Å². The Morgan fingerprint density at radius 1 is 1.32 bits per heavy atom. The van der Waals surface area contributed by atoms with Gasteiger partial charge in [-0.3, -0.25) is 14.9 Å². The number of nitrogens with one attached hydrogen (secondary N) is 1. The minimum Gasteiger partial charge on any atom is -0.506 e. The maximum absolute atomic E-state index is 12.2. The molecule has 0 saturated heterocycles. The summed E-state index contributed by atoms with van der Waals surface area (Å²) in [7, 11) is 0. The van der Waals surface area contributed by atoms with E-state index in [0.29, 0.717) is 17.9 Å². The fourth-order valence-corrected chi connectivity index (χ4v) is 1.83. The first-order valence-corrected chi connectivity index (χ1v) is 6.53. The number of carbonyl (C=O) groups is 1. The number of nitro benzene ring substituents is 1. The first-order chi connectivity index (χ1) is 10.5. The van der Waals surface area contributed by atoms with E-state index in [-0.39, 0.29) is 17.1 Å². The second kappa shape index (κ2) is 6.57. The Bertz CT molecular complexity index is 715. The molecule has 0 aliphatic heterocycles. The lowest BCUT2D eigenvalue weighted by molar-refractivity contribution is -0.384. The van der Waals surface area contributed by atoms with Crippen molar-refractivity contribution in [3.05, 3.63) is 58.1 Å². The molecule has 2 rings (SSSR count). The van der Waals surface area contributed by atoms with Gasteiger partial charge in [0.15, 0.2) is 0 Å². The average molecular weight is 302 g/mol. The van der Waals surface area contributed by atoms with Gasteiger partial charge in [0.25, 0.3) is 11.6 Å². The molecule has 0 fully saturated rings. The molecule has 0 heterocycles. The lowest BCUT2D eigenvalue weighted by Gasteiger charge is -2.08. The number of nitro groups is 1. The molecule has 0 bridgehead atoms. The van der Waals surface area contributed by atoms with Gasteiger partial charge >= 0.3 is 0 Å². The molecule has 0 aromatic heterocycles. The number of benzene rings is 2. The molecule has 1 amide bonds. The van der Waals surface area contributed by atoms with Gasteiger partial charge in [-0.1, -0.05) is 6.07 Å². The van der Waals surface area contributed by atoms with Crippen LogP contribution in [0.15, 0.2) is 42.5 Å². The van der Waals surface area contributed by atoms with Crippen LogP contribution in [-0.2, 0) is 0 Å². The van der Waals surface area contributed by atoms with E-state index in [1.165, 1.54) is 0 Å². The van der Waals surface area contributed by atoms with Gasteiger partial charge in [0, 0.05) is 17.7 Å². The summed E-state index contributed by atoms with van der Waals surface area (Å²) in [6, 6.07) is 9.91. The zero-order valence-corrected chi connectivity index (χ0v) is 11.8. The van der Waals surface area contributed by atoms with Crippen LogP contribution < -0.4 is 10.1 Å². The summed E-state index contributed by atoms with van der Waals surface area (Å²) in [5.41, 5.74) is 0.0639. The van der Waals surface area contributed by atoms with Crippen LogP contribution in [0.25, 0.3) is 0 Å². The molecule has 0 spiro atoms. The Balaban J connectivity index is 2.23. The second-order valence-corrected chi connectivity index (χ2v) is 4.37. The highest BCUT2D eigenvalue weighted by Gasteiger charge is 2.14. The minimum absolute atomic E-state index is 0.0268. The van der Waals surface area contributed by atoms with Crippen LogP contribution in [0, 0.1) is 10.1 Å². The fourth-order valence-electron chi connectivity index (χ4n) is 1.83. The quantitative estimate of drug-likeness (QED) is 0.502. The van der Waals surface area contributed by atoms with E-state index in [0.717, 1.165) is 18.2 Å². The molecule has 0 saturated carbocycles. The lowest BCUT2D eigenvalue weighted by atomic mass is 10.2. The van der Waals surface area contributed by atoms with Crippen LogP contribution in [0.1, 0.15) is 17.3 Å². The molecule has 22 heavy (non-hydrogen) atoms. The third kappa shape index (κ3) is 3.51. The number of amides is 1. The summed E-state index contributed by atoms with van der Waals surface area (Å²) in [4.78, 5) is 22.3. The fraction of sp³-hybridized carbons (Fsp3) is 0.133. The molecule has 2 aromatic carbocycles. The molecule has 7 heteroatoms. The number of carbonyl (C=O) groups excluding carboxylic acids is 1. The van der Waals surface area contributed by atoms with Crippen molar-refractivity contribution < 1.29 is 19.6 Å². The Hall–Kier alpha value is -3.09. The lowest BCUT2D eigenvalue weighted by Crippen LogP contribution is -2.12. The summed E-state index contributed by atoms with van der Waals surface area (Å²) in [6.07, 6.45) is 0. The Morgan fingerprint density at radius 2 is 2.09 bits per heavy atom. The van der Waals surface area contributed by atoms with E-state index in [2.05, 4.69) is 5.32 Å². The standard InChI is InChI=1S/C15H14N2O5/c1-2-22-12-5-3-4-10(8-12)15(19)16-13-9-11(17(20)21)6-7-14(13)18/h3-9,18H,2H2,1H3,(H,16,19). The summed E-state index contributed by atoms with van der Waals surface area (Å²) in [5.74, 6) is -0.212.